The van der Waals surface area contributed by atoms with Crippen LogP contribution >= 0.6 is 23.2 Å². The molecule has 1 amide bonds. The van der Waals surface area contributed by atoms with Crippen molar-refractivity contribution in [3.05, 3.63) is 58.1 Å². The summed E-state index contributed by atoms with van der Waals surface area (Å²) in [6, 6.07) is 12.7. The van der Waals surface area contributed by atoms with Crippen molar-refractivity contribution in [1.29, 1.82) is 0 Å². The zero-order valence-corrected chi connectivity index (χ0v) is 14.5. The molecule has 2 rings (SSSR count). The van der Waals surface area contributed by atoms with Gasteiger partial charge in [-0.2, -0.15) is 0 Å². The molecule has 0 aliphatic carbocycles. The zero-order chi connectivity index (χ0) is 16.8. The summed E-state index contributed by atoms with van der Waals surface area (Å²) in [5, 5.41) is 5.96. The molecule has 0 fully saturated rings. The van der Waals surface area contributed by atoms with Gasteiger partial charge in [0.25, 0.3) is 5.91 Å². The van der Waals surface area contributed by atoms with Gasteiger partial charge in [0.05, 0.1) is 17.8 Å². The molecule has 6 heteroatoms. The Morgan fingerprint density at radius 3 is 2.70 bits per heavy atom. The number of halogens is 2. The van der Waals surface area contributed by atoms with Crippen molar-refractivity contribution in [3.8, 4) is 5.75 Å². The van der Waals surface area contributed by atoms with Crippen molar-refractivity contribution in [1.82, 2.24) is 0 Å². The van der Waals surface area contributed by atoms with Gasteiger partial charge >= 0.3 is 0 Å². The van der Waals surface area contributed by atoms with Crippen molar-refractivity contribution in [2.24, 2.45) is 0 Å². The quantitative estimate of drug-likeness (QED) is 0.837. The highest BCUT2D eigenvalue weighted by molar-refractivity contribution is 6.35. The summed E-state index contributed by atoms with van der Waals surface area (Å²) >= 11 is 12.1. The second-order valence-corrected chi connectivity index (χ2v) is 5.99. The predicted molar refractivity (Wildman–Crippen MR) is 93.3 cm³/mol. The highest BCUT2D eigenvalue weighted by Gasteiger charge is 2.15. The minimum Gasteiger partial charge on any atom is -0.495 e. The maximum Gasteiger partial charge on any atom is 0.279 e. The minimum atomic E-state index is -0.105. The fourth-order valence-corrected chi connectivity index (χ4v) is 2.81. The van der Waals surface area contributed by atoms with Crippen molar-refractivity contribution in [2.75, 3.05) is 19.0 Å². The van der Waals surface area contributed by atoms with E-state index in [9.17, 15) is 4.79 Å². The Bertz CT molecular complexity index is 692. The molecule has 122 valence electrons. The molecule has 0 saturated heterocycles. The fraction of sp³-hybridized carbons (Fsp3) is 0.235. The van der Waals surface area contributed by atoms with Gasteiger partial charge < -0.3 is 15.4 Å². The number of methoxy groups -OCH3 is 1. The van der Waals surface area contributed by atoms with Crippen LogP contribution in [-0.4, -0.2) is 19.6 Å². The summed E-state index contributed by atoms with van der Waals surface area (Å²) in [4.78, 5) is 12.1. The molecule has 0 bridgehead atoms. The second kappa shape index (κ2) is 8.20. The van der Waals surface area contributed by atoms with Crippen LogP contribution in [0.2, 0.25) is 10.0 Å². The number of amides is 1. The van der Waals surface area contributed by atoms with E-state index in [1.807, 2.05) is 30.4 Å². The molecule has 4 nitrogen and oxygen atoms in total. The average molecular weight is 354 g/mol. The van der Waals surface area contributed by atoms with Crippen LogP contribution in [0.15, 0.2) is 42.5 Å². The number of carbonyl (C=O) groups excluding carboxylic acids is 1. The average Bonchev–Trinajstić information content (AvgIpc) is 2.53. The van der Waals surface area contributed by atoms with E-state index in [-0.39, 0.29) is 18.5 Å². The molecule has 0 heterocycles. The highest BCUT2D eigenvalue weighted by atomic mass is 35.5. The van der Waals surface area contributed by atoms with Crippen LogP contribution in [0.5, 0.6) is 5.75 Å². The van der Waals surface area contributed by atoms with E-state index in [1.165, 1.54) is 0 Å². The standard InChI is InChI=1S/C17H18Cl2N2O2/c1-11(13-8-7-12(18)9-14(13)19)20-10-17(22)21-15-5-3-4-6-16(15)23-2/h3-9,11,20H,10H2,1-2H3,(H,21,22)/p+1/t11-/m0/s1. The molecule has 1 atom stereocenters. The molecule has 0 aliphatic rings. The first-order valence-electron chi connectivity index (χ1n) is 7.22. The normalized spacial score (nSPS) is 11.8. The van der Waals surface area contributed by atoms with Crippen LogP contribution in [0.4, 0.5) is 5.69 Å². The molecule has 0 aromatic heterocycles. The van der Waals surface area contributed by atoms with Gasteiger partial charge in [-0.1, -0.05) is 41.4 Å². The Hall–Kier alpha value is -1.75. The van der Waals surface area contributed by atoms with Crippen molar-refractivity contribution in [2.45, 2.75) is 13.0 Å². The largest absolute Gasteiger partial charge is 0.495 e. The Morgan fingerprint density at radius 2 is 2.00 bits per heavy atom. The van der Waals surface area contributed by atoms with E-state index < -0.39 is 0 Å². The van der Waals surface area contributed by atoms with Crippen LogP contribution in [0.1, 0.15) is 18.5 Å². The zero-order valence-electron chi connectivity index (χ0n) is 13.0. The Labute approximate surface area is 145 Å². The molecule has 3 N–H and O–H groups in total. The van der Waals surface area contributed by atoms with E-state index in [0.717, 1.165) is 5.56 Å². The molecule has 2 aromatic rings. The first-order valence-corrected chi connectivity index (χ1v) is 7.98. The number of hydrogen-bond acceptors (Lipinski definition) is 2. The van der Waals surface area contributed by atoms with Crippen LogP contribution < -0.4 is 15.4 Å². The lowest BCUT2D eigenvalue weighted by molar-refractivity contribution is -0.682. The maximum atomic E-state index is 12.1. The molecular formula is C17H19Cl2N2O2+. The molecular weight excluding hydrogens is 335 g/mol. The lowest BCUT2D eigenvalue weighted by Gasteiger charge is -2.13. The molecule has 0 unspecified atom stereocenters. The summed E-state index contributed by atoms with van der Waals surface area (Å²) in [7, 11) is 1.57. The highest BCUT2D eigenvalue weighted by Crippen LogP contribution is 2.24. The van der Waals surface area contributed by atoms with Gasteiger partial charge in [-0.3, -0.25) is 4.79 Å². The monoisotopic (exact) mass is 353 g/mol. The summed E-state index contributed by atoms with van der Waals surface area (Å²) in [6.07, 6.45) is 0. The molecule has 0 spiro atoms. The predicted octanol–water partition coefficient (Wildman–Crippen LogP) is 3.27. The molecule has 23 heavy (non-hydrogen) atoms. The number of rotatable bonds is 6. The summed E-state index contributed by atoms with van der Waals surface area (Å²) in [5.74, 6) is 0.529. The third-order valence-corrected chi connectivity index (χ3v) is 4.05. The van der Waals surface area contributed by atoms with E-state index in [0.29, 0.717) is 21.5 Å². The van der Waals surface area contributed by atoms with Crippen LogP contribution in [-0.2, 0) is 4.79 Å². The number of nitrogens with two attached hydrogens (primary N) is 1. The van der Waals surface area contributed by atoms with Gasteiger partial charge in [0.2, 0.25) is 0 Å². The molecule has 0 saturated carbocycles. The first-order chi connectivity index (χ1) is 11.0. The number of ether oxygens (including phenoxy) is 1. The van der Waals surface area contributed by atoms with E-state index in [4.69, 9.17) is 27.9 Å². The fourth-order valence-electron chi connectivity index (χ4n) is 2.23. The van der Waals surface area contributed by atoms with Crippen LogP contribution in [0.25, 0.3) is 0 Å². The van der Waals surface area contributed by atoms with Gasteiger partial charge in [-0.05, 0) is 31.2 Å². The third kappa shape index (κ3) is 4.86. The van der Waals surface area contributed by atoms with Gasteiger partial charge in [-0.25, -0.2) is 0 Å². The van der Waals surface area contributed by atoms with E-state index in [1.54, 1.807) is 31.4 Å². The molecule has 0 aliphatic heterocycles. The van der Waals surface area contributed by atoms with Crippen molar-refractivity contribution < 1.29 is 14.8 Å². The Morgan fingerprint density at radius 1 is 1.26 bits per heavy atom. The lowest BCUT2D eigenvalue weighted by atomic mass is 10.1. The number of hydrogen-bond donors (Lipinski definition) is 2. The second-order valence-electron chi connectivity index (χ2n) is 5.14. The van der Waals surface area contributed by atoms with Gasteiger partial charge in [0.15, 0.2) is 6.54 Å². The third-order valence-electron chi connectivity index (χ3n) is 3.49. The maximum absolute atomic E-state index is 12.1. The number of para-hydroxylation sites is 2. The summed E-state index contributed by atoms with van der Waals surface area (Å²) < 4.78 is 5.21. The number of carbonyl (C=O) groups is 1. The number of nitrogens with one attached hydrogen (secondary N) is 1. The smallest absolute Gasteiger partial charge is 0.279 e. The first kappa shape index (κ1) is 17.6. The Balaban J connectivity index is 1.93. The summed E-state index contributed by atoms with van der Waals surface area (Å²) in [6.45, 7) is 2.27. The van der Waals surface area contributed by atoms with Crippen LogP contribution in [0, 0.1) is 0 Å². The summed E-state index contributed by atoms with van der Waals surface area (Å²) in [5.41, 5.74) is 1.60. The topological polar surface area (TPSA) is 54.9 Å². The number of benzene rings is 2. The minimum absolute atomic E-state index is 0.0446. The van der Waals surface area contributed by atoms with E-state index in [2.05, 4.69) is 5.32 Å². The SMILES string of the molecule is COc1ccccc1NC(=O)C[NH2+][C@@H](C)c1ccc(Cl)cc1Cl. The number of quaternary nitrogens is 1. The van der Waals surface area contributed by atoms with Gasteiger partial charge in [-0.15, -0.1) is 0 Å². The van der Waals surface area contributed by atoms with Crippen LogP contribution in [0.3, 0.4) is 0 Å². The van der Waals surface area contributed by atoms with Gasteiger partial charge in [0, 0.05) is 10.6 Å². The Kier molecular flexibility index (Phi) is 6.28. The van der Waals surface area contributed by atoms with Gasteiger partial charge in [0.1, 0.15) is 11.8 Å². The lowest BCUT2D eigenvalue weighted by Crippen LogP contribution is -2.86. The molecule has 0 radical (unpaired) electrons. The van der Waals surface area contributed by atoms with Crippen molar-refractivity contribution >= 4 is 34.8 Å². The number of anilines is 1. The molecule has 2 aromatic carbocycles. The van der Waals surface area contributed by atoms with E-state index >= 15 is 0 Å². The van der Waals surface area contributed by atoms with Crippen molar-refractivity contribution in [3.63, 3.8) is 0 Å².